The first-order valence-corrected chi connectivity index (χ1v) is 6.78. The Morgan fingerprint density at radius 3 is 3.30 bits per heavy atom. The summed E-state index contributed by atoms with van der Waals surface area (Å²) in [5.41, 5.74) is 0. The van der Waals surface area contributed by atoms with Gasteiger partial charge in [-0.1, -0.05) is 0 Å². The molecule has 1 unspecified atom stereocenters. The van der Waals surface area contributed by atoms with Gasteiger partial charge in [0.1, 0.15) is 6.10 Å². The third-order valence-electron chi connectivity index (χ3n) is 3.31. The lowest BCUT2D eigenvalue weighted by molar-refractivity contribution is 0.138. The molecule has 108 valence electrons. The standard InChI is InChI=1S/C13H19N5O2/c1-10(7-18-4-2-3-16-18)17-12-8-19-9-13(12)20-11-5-14-15-6-11/h2-6,10,12-13,17H,7-9H2,1H3,(H,14,15)/t10?,12-,13+/m0/s1. The molecule has 0 amide bonds. The van der Waals surface area contributed by atoms with Crippen LogP contribution in [-0.2, 0) is 11.3 Å². The molecule has 1 fully saturated rings. The lowest BCUT2D eigenvalue weighted by Gasteiger charge is -2.23. The monoisotopic (exact) mass is 277 g/mol. The van der Waals surface area contributed by atoms with Crippen molar-refractivity contribution >= 4 is 0 Å². The molecule has 1 saturated heterocycles. The average Bonchev–Trinajstić information content (AvgIpc) is 3.14. The van der Waals surface area contributed by atoms with Crippen molar-refractivity contribution in [3.8, 4) is 5.75 Å². The fraction of sp³-hybridized carbons (Fsp3) is 0.538. The summed E-state index contributed by atoms with van der Waals surface area (Å²) in [6, 6.07) is 2.39. The van der Waals surface area contributed by atoms with E-state index in [4.69, 9.17) is 9.47 Å². The molecule has 7 nitrogen and oxygen atoms in total. The van der Waals surface area contributed by atoms with E-state index in [1.165, 1.54) is 0 Å². The first kappa shape index (κ1) is 13.1. The van der Waals surface area contributed by atoms with Gasteiger partial charge in [0.2, 0.25) is 0 Å². The molecular weight excluding hydrogens is 258 g/mol. The third kappa shape index (κ3) is 3.17. The molecule has 7 heteroatoms. The fourth-order valence-corrected chi connectivity index (χ4v) is 2.39. The van der Waals surface area contributed by atoms with Gasteiger partial charge in [0.15, 0.2) is 5.75 Å². The van der Waals surface area contributed by atoms with Crippen LogP contribution in [0.4, 0.5) is 0 Å². The van der Waals surface area contributed by atoms with Crippen molar-refractivity contribution < 1.29 is 9.47 Å². The van der Waals surface area contributed by atoms with Gasteiger partial charge < -0.3 is 14.8 Å². The quantitative estimate of drug-likeness (QED) is 0.801. The van der Waals surface area contributed by atoms with Crippen molar-refractivity contribution in [3.05, 3.63) is 30.9 Å². The molecule has 0 bridgehead atoms. The van der Waals surface area contributed by atoms with E-state index in [0.717, 1.165) is 12.3 Å². The van der Waals surface area contributed by atoms with Crippen LogP contribution in [0, 0.1) is 0 Å². The lowest BCUT2D eigenvalue weighted by Crippen LogP contribution is -2.47. The van der Waals surface area contributed by atoms with Crippen molar-refractivity contribution in [1.82, 2.24) is 25.3 Å². The number of ether oxygens (including phenoxy) is 2. The normalized spacial score (nSPS) is 23.9. The van der Waals surface area contributed by atoms with Crippen molar-refractivity contribution in [3.63, 3.8) is 0 Å². The number of nitrogens with zero attached hydrogens (tertiary/aromatic N) is 3. The average molecular weight is 277 g/mol. The maximum atomic E-state index is 5.86. The van der Waals surface area contributed by atoms with Gasteiger partial charge in [-0.25, -0.2) is 0 Å². The second-order valence-corrected chi connectivity index (χ2v) is 5.03. The maximum Gasteiger partial charge on any atom is 0.157 e. The molecule has 0 spiro atoms. The minimum absolute atomic E-state index is 0.00710. The zero-order chi connectivity index (χ0) is 13.8. The number of hydrogen-bond acceptors (Lipinski definition) is 5. The first-order valence-electron chi connectivity index (χ1n) is 6.78. The SMILES string of the molecule is CC(Cn1cccn1)N[C@H]1COC[C@H]1Oc1cn[nH]c1. The summed E-state index contributed by atoms with van der Waals surface area (Å²) in [4.78, 5) is 0. The second kappa shape index (κ2) is 6.06. The highest BCUT2D eigenvalue weighted by Crippen LogP contribution is 2.15. The molecule has 3 rings (SSSR count). The summed E-state index contributed by atoms with van der Waals surface area (Å²) in [6.45, 7) is 4.21. The predicted molar refractivity (Wildman–Crippen MR) is 72.4 cm³/mol. The summed E-state index contributed by atoms with van der Waals surface area (Å²) in [6.07, 6.45) is 7.16. The molecule has 0 aliphatic carbocycles. The summed E-state index contributed by atoms with van der Waals surface area (Å²) in [5, 5.41) is 14.4. The highest BCUT2D eigenvalue weighted by atomic mass is 16.5. The Bertz CT molecular complexity index is 499. The Kier molecular flexibility index (Phi) is 3.98. The number of aromatic nitrogens is 4. The number of hydrogen-bond donors (Lipinski definition) is 2. The van der Waals surface area contributed by atoms with E-state index < -0.39 is 0 Å². The second-order valence-electron chi connectivity index (χ2n) is 5.03. The van der Waals surface area contributed by atoms with Gasteiger partial charge in [-0.3, -0.25) is 9.78 Å². The first-order chi connectivity index (χ1) is 9.81. The predicted octanol–water partition coefficient (Wildman–Crippen LogP) is 0.431. The number of aromatic amines is 1. The minimum atomic E-state index is 0.00710. The topological polar surface area (TPSA) is 77.0 Å². The molecule has 3 heterocycles. The van der Waals surface area contributed by atoms with Crippen LogP contribution in [0.2, 0.25) is 0 Å². The largest absolute Gasteiger partial charge is 0.483 e. The lowest BCUT2D eigenvalue weighted by atomic mass is 10.2. The summed E-state index contributed by atoms with van der Waals surface area (Å²) < 4.78 is 13.3. The molecule has 3 atom stereocenters. The minimum Gasteiger partial charge on any atom is -0.483 e. The summed E-state index contributed by atoms with van der Waals surface area (Å²) >= 11 is 0. The number of nitrogens with one attached hydrogen (secondary N) is 2. The van der Waals surface area contributed by atoms with Crippen molar-refractivity contribution in [2.24, 2.45) is 0 Å². The molecule has 0 aromatic carbocycles. The van der Waals surface area contributed by atoms with E-state index in [2.05, 4.69) is 27.5 Å². The van der Waals surface area contributed by atoms with Crippen LogP contribution in [0.25, 0.3) is 0 Å². The molecule has 2 aromatic heterocycles. The van der Waals surface area contributed by atoms with Gasteiger partial charge in [0.25, 0.3) is 0 Å². The Hall–Kier alpha value is -1.86. The maximum absolute atomic E-state index is 5.86. The zero-order valence-electron chi connectivity index (χ0n) is 11.4. The smallest absolute Gasteiger partial charge is 0.157 e. The molecule has 0 saturated carbocycles. The van der Waals surface area contributed by atoms with Crippen molar-refractivity contribution in [1.29, 1.82) is 0 Å². The molecule has 1 aliphatic heterocycles. The van der Waals surface area contributed by atoms with Crippen LogP contribution < -0.4 is 10.1 Å². The highest BCUT2D eigenvalue weighted by Gasteiger charge is 2.31. The van der Waals surface area contributed by atoms with Crippen LogP contribution in [0.1, 0.15) is 6.92 Å². The van der Waals surface area contributed by atoms with E-state index >= 15 is 0 Å². The molecule has 0 radical (unpaired) electrons. The van der Waals surface area contributed by atoms with Crippen LogP contribution in [0.15, 0.2) is 30.9 Å². The van der Waals surface area contributed by atoms with E-state index in [0.29, 0.717) is 13.2 Å². The fourth-order valence-electron chi connectivity index (χ4n) is 2.39. The molecule has 1 aliphatic rings. The van der Waals surface area contributed by atoms with Crippen LogP contribution in [-0.4, -0.2) is 51.4 Å². The Morgan fingerprint density at radius 1 is 1.60 bits per heavy atom. The van der Waals surface area contributed by atoms with Crippen molar-refractivity contribution in [2.45, 2.75) is 31.7 Å². The number of rotatable bonds is 6. The van der Waals surface area contributed by atoms with Crippen LogP contribution in [0.5, 0.6) is 5.75 Å². The van der Waals surface area contributed by atoms with Gasteiger partial charge >= 0.3 is 0 Å². The molecule has 20 heavy (non-hydrogen) atoms. The molecular formula is C13H19N5O2. The Labute approximate surface area is 117 Å². The van der Waals surface area contributed by atoms with Gasteiger partial charge in [0.05, 0.1) is 38.2 Å². The Morgan fingerprint density at radius 2 is 2.55 bits per heavy atom. The van der Waals surface area contributed by atoms with Crippen molar-refractivity contribution in [2.75, 3.05) is 13.2 Å². The highest BCUT2D eigenvalue weighted by molar-refractivity contribution is 5.11. The van der Waals surface area contributed by atoms with Crippen LogP contribution >= 0.6 is 0 Å². The summed E-state index contributed by atoms with van der Waals surface area (Å²) in [7, 11) is 0. The Balaban J connectivity index is 1.53. The van der Waals surface area contributed by atoms with Gasteiger partial charge in [0, 0.05) is 18.4 Å². The number of H-pyrrole nitrogens is 1. The summed E-state index contributed by atoms with van der Waals surface area (Å²) in [5.74, 6) is 0.743. The van der Waals surface area contributed by atoms with E-state index in [1.54, 1.807) is 18.6 Å². The van der Waals surface area contributed by atoms with Gasteiger partial charge in [-0.05, 0) is 13.0 Å². The van der Waals surface area contributed by atoms with Gasteiger partial charge in [-0.15, -0.1) is 0 Å². The van der Waals surface area contributed by atoms with Gasteiger partial charge in [-0.2, -0.15) is 10.2 Å². The third-order valence-corrected chi connectivity index (χ3v) is 3.31. The van der Waals surface area contributed by atoms with E-state index in [9.17, 15) is 0 Å². The zero-order valence-corrected chi connectivity index (χ0v) is 11.4. The molecule has 2 aromatic rings. The van der Waals surface area contributed by atoms with E-state index in [1.807, 2.05) is 16.9 Å². The van der Waals surface area contributed by atoms with E-state index in [-0.39, 0.29) is 18.2 Å². The van der Waals surface area contributed by atoms with Crippen LogP contribution in [0.3, 0.4) is 0 Å². The molecule has 2 N–H and O–H groups in total.